The molecule has 0 fully saturated rings. The summed E-state index contributed by atoms with van der Waals surface area (Å²) in [5.74, 6) is -0.0677. The van der Waals surface area contributed by atoms with Crippen molar-refractivity contribution in [2.75, 3.05) is 12.4 Å². The molecule has 2 rings (SSSR count). The normalized spacial score (nSPS) is 11.7. The van der Waals surface area contributed by atoms with Gasteiger partial charge in [0.15, 0.2) is 0 Å². The number of carbonyl (C=O) groups is 1. The van der Waals surface area contributed by atoms with Crippen molar-refractivity contribution in [2.24, 2.45) is 0 Å². The Kier molecular flexibility index (Phi) is 4.33. The molecule has 5 heteroatoms. The standard InChI is InChI=1S/C16H18N2O3/c1-10(15-13(19)4-3-5-14(15)20)18-12-8-6-11(7-9-12)16(21)17-2/h3-10,18-20H,1-2H3,(H,17,21). The summed E-state index contributed by atoms with van der Waals surface area (Å²) in [5.41, 5.74) is 1.80. The Balaban J connectivity index is 2.16. The third-order valence-electron chi connectivity index (χ3n) is 3.25. The van der Waals surface area contributed by atoms with E-state index in [-0.39, 0.29) is 23.4 Å². The fourth-order valence-corrected chi connectivity index (χ4v) is 2.17. The lowest BCUT2D eigenvalue weighted by Crippen LogP contribution is -2.17. The molecule has 1 atom stereocenters. The molecule has 5 nitrogen and oxygen atoms in total. The van der Waals surface area contributed by atoms with E-state index in [4.69, 9.17) is 0 Å². The Morgan fingerprint density at radius 1 is 1.05 bits per heavy atom. The molecule has 2 aromatic carbocycles. The van der Waals surface area contributed by atoms with Crippen molar-refractivity contribution in [3.63, 3.8) is 0 Å². The van der Waals surface area contributed by atoms with Crippen molar-refractivity contribution in [2.45, 2.75) is 13.0 Å². The number of hydrogen-bond donors (Lipinski definition) is 4. The maximum absolute atomic E-state index is 11.5. The highest BCUT2D eigenvalue weighted by Gasteiger charge is 2.15. The fraction of sp³-hybridized carbons (Fsp3) is 0.188. The Morgan fingerprint density at radius 2 is 1.62 bits per heavy atom. The topological polar surface area (TPSA) is 81.6 Å². The number of phenols is 2. The van der Waals surface area contributed by atoms with Crippen LogP contribution in [0.2, 0.25) is 0 Å². The summed E-state index contributed by atoms with van der Waals surface area (Å²) in [4.78, 5) is 11.5. The second kappa shape index (κ2) is 6.17. The predicted molar refractivity (Wildman–Crippen MR) is 81.6 cm³/mol. The van der Waals surface area contributed by atoms with Crippen LogP contribution in [0.4, 0.5) is 5.69 Å². The molecule has 0 saturated carbocycles. The number of nitrogens with one attached hydrogen (secondary N) is 2. The van der Waals surface area contributed by atoms with Crippen LogP contribution in [-0.4, -0.2) is 23.2 Å². The molecule has 0 spiro atoms. The quantitative estimate of drug-likeness (QED) is 0.696. The lowest BCUT2D eigenvalue weighted by atomic mass is 10.1. The van der Waals surface area contributed by atoms with Gasteiger partial charge >= 0.3 is 0 Å². The van der Waals surface area contributed by atoms with Gasteiger partial charge in [-0.15, -0.1) is 0 Å². The molecule has 0 radical (unpaired) electrons. The van der Waals surface area contributed by atoms with Gasteiger partial charge in [-0.3, -0.25) is 4.79 Å². The minimum atomic E-state index is -0.281. The molecule has 2 aromatic rings. The SMILES string of the molecule is CNC(=O)c1ccc(NC(C)c2c(O)cccc2O)cc1. The third kappa shape index (κ3) is 3.25. The second-order valence-corrected chi connectivity index (χ2v) is 4.73. The number of anilines is 1. The average molecular weight is 286 g/mol. The number of phenolic OH excluding ortho intramolecular Hbond substituents is 2. The molecule has 0 aliphatic rings. The molecule has 0 aromatic heterocycles. The van der Waals surface area contributed by atoms with E-state index in [0.717, 1.165) is 5.69 Å². The molecule has 21 heavy (non-hydrogen) atoms. The first-order valence-corrected chi connectivity index (χ1v) is 6.62. The number of carbonyl (C=O) groups excluding carboxylic acids is 1. The summed E-state index contributed by atoms with van der Waals surface area (Å²) in [6.07, 6.45) is 0. The number of amides is 1. The molecule has 0 aliphatic carbocycles. The zero-order chi connectivity index (χ0) is 15.4. The van der Waals surface area contributed by atoms with Crippen LogP contribution in [0.25, 0.3) is 0 Å². The molecular formula is C16H18N2O3. The number of rotatable bonds is 4. The summed E-state index contributed by atoms with van der Waals surface area (Å²) in [5, 5.41) is 25.4. The van der Waals surface area contributed by atoms with Gasteiger partial charge in [-0.2, -0.15) is 0 Å². The van der Waals surface area contributed by atoms with Crippen LogP contribution < -0.4 is 10.6 Å². The monoisotopic (exact) mass is 286 g/mol. The van der Waals surface area contributed by atoms with E-state index in [1.165, 1.54) is 12.1 Å². The van der Waals surface area contributed by atoms with Crippen molar-refractivity contribution in [3.05, 3.63) is 53.6 Å². The van der Waals surface area contributed by atoms with Crippen molar-refractivity contribution in [3.8, 4) is 11.5 Å². The molecule has 0 heterocycles. The van der Waals surface area contributed by atoms with Crippen LogP contribution in [0.1, 0.15) is 28.9 Å². The van der Waals surface area contributed by atoms with Gasteiger partial charge in [-0.25, -0.2) is 0 Å². The van der Waals surface area contributed by atoms with Gasteiger partial charge in [0.1, 0.15) is 11.5 Å². The van der Waals surface area contributed by atoms with E-state index in [2.05, 4.69) is 10.6 Å². The zero-order valence-electron chi connectivity index (χ0n) is 11.9. The van der Waals surface area contributed by atoms with Crippen LogP contribution in [0.15, 0.2) is 42.5 Å². The van der Waals surface area contributed by atoms with E-state index in [0.29, 0.717) is 11.1 Å². The van der Waals surface area contributed by atoms with Crippen molar-refractivity contribution >= 4 is 11.6 Å². The summed E-state index contributed by atoms with van der Waals surface area (Å²) in [7, 11) is 1.58. The lowest BCUT2D eigenvalue weighted by molar-refractivity contribution is 0.0963. The van der Waals surface area contributed by atoms with Gasteiger partial charge in [0.2, 0.25) is 0 Å². The minimum Gasteiger partial charge on any atom is -0.507 e. The fourth-order valence-electron chi connectivity index (χ4n) is 2.17. The Labute approximate surface area is 123 Å². The van der Waals surface area contributed by atoms with E-state index in [9.17, 15) is 15.0 Å². The third-order valence-corrected chi connectivity index (χ3v) is 3.25. The van der Waals surface area contributed by atoms with Crippen LogP contribution in [0.3, 0.4) is 0 Å². The zero-order valence-corrected chi connectivity index (χ0v) is 11.9. The number of aromatic hydroxyl groups is 2. The second-order valence-electron chi connectivity index (χ2n) is 4.73. The maximum atomic E-state index is 11.5. The Bertz CT molecular complexity index is 618. The van der Waals surface area contributed by atoms with E-state index in [1.54, 1.807) is 37.4 Å². The van der Waals surface area contributed by atoms with Gasteiger partial charge in [0, 0.05) is 18.3 Å². The molecule has 4 N–H and O–H groups in total. The van der Waals surface area contributed by atoms with E-state index < -0.39 is 0 Å². The minimum absolute atomic E-state index is 0.0389. The van der Waals surface area contributed by atoms with Gasteiger partial charge in [-0.05, 0) is 43.3 Å². The molecule has 0 saturated heterocycles. The first kappa shape index (κ1) is 14.7. The summed E-state index contributed by atoms with van der Waals surface area (Å²) in [6, 6.07) is 11.3. The molecule has 1 unspecified atom stereocenters. The summed E-state index contributed by atoms with van der Waals surface area (Å²) < 4.78 is 0. The maximum Gasteiger partial charge on any atom is 0.251 e. The van der Waals surface area contributed by atoms with Crippen LogP contribution >= 0.6 is 0 Å². The Hall–Kier alpha value is -2.69. The van der Waals surface area contributed by atoms with Gasteiger partial charge < -0.3 is 20.8 Å². The lowest BCUT2D eigenvalue weighted by Gasteiger charge is -2.18. The highest BCUT2D eigenvalue weighted by atomic mass is 16.3. The largest absolute Gasteiger partial charge is 0.507 e. The average Bonchev–Trinajstić information content (AvgIpc) is 2.47. The number of hydrogen-bond acceptors (Lipinski definition) is 4. The molecular weight excluding hydrogens is 268 g/mol. The van der Waals surface area contributed by atoms with Crippen molar-refractivity contribution < 1.29 is 15.0 Å². The predicted octanol–water partition coefficient (Wildman–Crippen LogP) is 2.63. The molecule has 1 amide bonds. The van der Waals surface area contributed by atoms with E-state index in [1.807, 2.05) is 6.92 Å². The van der Waals surface area contributed by atoms with Gasteiger partial charge in [0.25, 0.3) is 5.91 Å². The Morgan fingerprint density at radius 3 is 2.14 bits per heavy atom. The summed E-state index contributed by atoms with van der Waals surface area (Å²) >= 11 is 0. The van der Waals surface area contributed by atoms with Crippen LogP contribution in [-0.2, 0) is 0 Å². The highest BCUT2D eigenvalue weighted by Crippen LogP contribution is 2.34. The summed E-state index contributed by atoms with van der Waals surface area (Å²) in [6.45, 7) is 1.83. The smallest absolute Gasteiger partial charge is 0.251 e. The van der Waals surface area contributed by atoms with Gasteiger partial charge in [0.05, 0.1) is 11.6 Å². The van der Waals surface area contributed by atoms with Gasteiger partial charge in [-0.1, -0.05) is 6.07 Å². The molecule has 0 aliphatic heterocycles. The molecule has 0 bridgehead atoms. The van der Waals surface area contributed by atoms with Crippen molar-refractivity contribution in [1.82, 2.24) is 5.32 Å². The van der Waals surface area contributed by atoms with Crippen molar-refractivity contribution in [1.29, 1.82) is 0 Å². The van der Waals surface area contributed by atoms with Crippen LogP contribution in [0.5, 0.6) is 11.5 Å². The molecule has 110 valence electrons. The highest BCUT2D eigenvalue weighted by molar-refractivity contribution is 5.94. The first-order chi connectivity index (χ1) is 10.0. The van der Waals surface area contributed by atoms with E-state index >= 15 is 0 Å². The first-order valence-electron chi connectivity index (χ1n) is 6.62. The number of benzene rings is 2. The van der Waals surface area contributed by atoms with Crippen LogP contribution in [0, 0.1) is 0 Å².